The third-order valence-electron chi connectivity index (χ3n) is 4.78. The molecule has 2 aliphatic heterocycles. The van der Waals surface area contributed by atoms with Crippen molar-refractivity contribution < 1.29 is 8.78 Å². The van der Waals surface area contributed by atoms with E-state index in [0.717, 1.165) is 31.8 Å². The lowest BCUT2D eigenvalue weighted by Crippen LogP contribution is -2.61. The van der Waals surface area contributed by atoms with Gasteiger partial charge in [0.2, 0.25) is 0 Å². The molecular formula is C16H21ClF2N2. The molecule has 3 rings (SSSR count). The van der Waals surface area contributed by atoms with Crippen molar-refractivity contribution in [2.24, 2.45) is 0 Å². The van der Waals surface area contributed by atoms with E-state index in [0.29, 0.717) is 18.6 Å². The Kier molecular flexibility index (Phi) is 4.48. The van der Waals surface area contributed by atoms with Gasteiger partial charge >= 0.3 is 0 Å². The number of hydrogen-bond donors (Lipinski definition) is 0. The molecule has 5 heteroatoms. The molecule has 0 aliphatic carbocycles. The topological polar surface area (TPSA) is 6.48 Å². The summed E-state index contributed by atoms with van der Waals surface area (Å²) in [7, 11) is 0. The van der Waals surface area contributed by atoms with Crippen molar-refractivity contribution in [2.75, 3.05) is 19.6 Å². The van der Waals surface area contributed by atoms with Gasteiger partial charge in [0.25, 0.3) is 0 Å². The Morgan fingerprint density at radius 3 is 2.62 bits per heavy atom. The second-order valence-corrected chi connectivity index (χ2v) is 6.63. The minimum absolute atomic E-state index is 0.0789. The van der Waals surface area contributed by atoms with Crippen LogP contribution in [0.25, 0.3) is 0 Å². The molecule has 0 bridgehead atoms. The summed E-state index contributed by atoms with van der Waals surface area (Å²) < 4.78 is 27.2. The highest BCUT2D eigenvalue weighted by atomic mass is 35.5. The molecule has 2 aliphatic rings. The number of nitrogens with zero attached hydrogens (tertiary/aromatic N) is 2. The van der Waals surface area contributed by atoms with Crippen molar-refractivity contribution in [1.29, 1.82) is 0 Å². The summed E-state index contributed by atoms with van der Waals surface area (Å²) in [5.74, 6) is -0.967. The van der Waals surface area contributed by atoms with E-state index < -0.39 is 11.6 Å². The molecule has 0 amide bonds. The number of likely N-dealkylation sites (tertiary alicyclic amines) is 2. The smallest absolute Gasteiger partial charge is 0.142 e. The van der Waals surface area contributed by atoms with Gasteiger partial charge in [-0.25, -0.2) is 8.78 Å². The first-order chi connectivity index (χ1) is 10.1. The summed E-state index contributed by atoms with van der Waals surface area (Å²) in [5.41, 5.74) is 0.279. The summed E-state index contributed by atoms with van der Waals surface area (Å²) in [6, 6.07) is 3.42. The lowest BCUT2D eigenvalue weighted by atomic mass is 9.97. The van der Waals surface area contributed by atoms with E-state index in [1.54, 1.807) is 0 Å². The first-order valence-electron chi connectivity index (χ1n) is 7.66. The van der Waals surface area contributed by atoms with Crippen LogP contribution in [0.5, 0.6) is 0 Å². The van der Waals surface area contributed by atoms with E-state index in [1.807, 2.05) is 0 Å². The fourth-order valence-corrected chi connectivity index (χ4v) is 3.69. The predicted octanol–water partition coefficient (Wildman–Crippen LogP) is 3.68. The van der Waals surface area contributed by atoms with Crippen LogP contribution in [-0.2, 0) is 6.54 Å². The third kappa shape index (κ3) is 3.08. The van der Waals surface area contributed by atoms with Gasteiger partial charge in [0.1, 0.15) is 11.6 Å². The SMILES string of the molecule is CC1CCCCN1C1CN(Cc2c(F)ccc(F)c2Cl)C1. The van der Waals surface area contributed by atoms with Crippen molar-refractivity contribution >= 4 is 11.6 Å². The minimum atomic E-state index is -0.546. The fraction of sp³-hybridized carbons (Fsp3) is 0.625. The van der Waals surface area contributed by atoms with Crippen molar-refractivity contribution in [3.05, 3.63) is 34.4 Å². The van der Waals surface area contributed by atoms with Gasteiger partial charge in [-0.3, -0.25) is 9.80 Å². The van der Waals surface area contributed by atoms with Crippen LogP contribution in [0.15, 0.2) is 12.1 Å². The van der Waals surface area contributed by atoms with E-state index in [1.165, 1.54) is 19.3 Å². The molecule has 1 atom stereocenters. The number of benzene rings is 1. The quantitative estimate of drug-likeness (QED) is 0.785. The first kappa shape index (κ1) is 15.2. The van der Waals surface area contributed by atoms with Crippen LogP contribution in [-0.4, -0.2) is 41.5 Å². The van der Waals surface area contributed by atoms with Gasteiger partial charge in [-0.1, -0.05) is 18.0 Å². The fourth-order valence-electron chi connectivity index (χ4n) is 3.48. The maximum atomic E-state index is 13.8. The normalized spacial score (nSPS) is 25.0. The molecular weight excluding hydrogens is 294 g/mol. The Labute approximate surface area is 129 Å². The summed E-state index contributed by atoms with van der Waals surface area (Å²) in [6.45, 7) is 5.66. The molecule has 1 unspecified atom stereocenters. The molecule has 2 saturated heterocycles. The van der Waals surface area contributed by atoms with Crippen molar-refractivity contribution in [2.45, 2.75) is 44.8 Å². The largest absolute Gasteiger partial charge is 0.296 e. The monoisotopic (exact) mass is 314 g/mol. The van der Waals surface area contributed by atoms with Gasteiger partial charge in [0.15, 0.2) is 0 Å². The Hall–Kier alpha value is -0.710. The lowest BCUT2D eigenvalue weighted by Gasteiger charge is -2.49. The molecule has 1 aromatic carbocycles. The summed E-state index contributed by atoms with van der Waals surface area (Å²) in [5, 5.41) is -0.0789. The molecule has 2 heterocycles. The minimum Gasteiger partial charge on any atom is -0.296 e. The Morgan fingerprint density at radius 2 is 1.90 bits per heavy atom. The van der Waals surface area contributed by atoms with E-state index in [-0.39, 0.29) is 10.6 Å². The first-order valence-corrected chi connectivity index (χ1v) is 8.04. The van der Waals surface area contributed by atoms with E-state index in [2.05, 4.69) is 16.7 Å². The molecule has 116 valence electrons. The van der Waals surface area contributed by atoms with Crippen LogP contribution in [0.3, 0.4) is 0 Å². The molecule has 0 radical (unpaired) electrons. The van der Waals surface area contributed by atoms with Gasteiger partial charge in [0.05, 0.1) is 5.02 Å². The summed E-state index contributed by atoms with van der Waals surface area (Å²) in [6.07, 6.45) is 3.85. The predicted molar refractivity (Wildman–Crippen MR) is 80.5 cm³/mol. The second kappa shape index (κ2) is 6.19. The number of rotatable bonds is 3. The zero-order valence-electron chi connectivity index (χ0n) is 12.3. The van der Waals surface area contributed by atoms with Crippen molar-refractivity contribution in [1.82, 2.24) is 9.80 Å². The highest BCUT2D eigenvalue weighted by molar-refractivity contribution is 6.31. The number of hydrogen-bond acceptors (Lipinski definition) is 2. The van der Waals surface area contributed by atoms with Gasteiger partial charge in [0, 0.05) is 37.3 Å². The van der Waals surface area contributed by atoms with Crippen LogP contribution >= 0.6 is 11.6 Å². The standard InChI is InChI=1S/C16H21ClF2N2/c1-11-4-2-3-7-21(11)12-8-20(9-12)10-13-14(18)5-6-15(19)16(13)17/h5-6,11-12H,2-4,7-10H2,1H3. The third-order valence-corrected chi connectivity index (χ3v) is 5.19. The van der Waals surface area contributed by atoms with Gasteiger partial charge in [-0.15, -0.1) is 0 Å². The Balaban J connectivity index is 1.59. The molecule has 0 saturated carbocycles. The van der Waals surface area contributed by atoms with E-state index in [4.69, 9.17) is 11.6 Å². The summed E-state index contributed by atoms with van der Waals surface area (Å²) in [4.78, 5) is 4.69. The molecule has 0 aromatic heterocycles. The summed E-state index contributed by atoms with van der Waals surface area (Å²) >= 11 is 5.88. The van der Waals surface area contributed by atoms with E-state index in [9.17, 15) is 8.78 Å². The average Bonchev–Trinajstić information content (AvgIpc) is 2.42. The molecule has 2 nitrogen and oxygen atoms in total. The molecule has 2 fully saturated rings. The molecule has 0 N–H and O–H groups in total. The van der Waals surface area contributed by atoms with Crippen molar-refractivity contribution in [3.8, 4) is 0 Å². The zero-order valence-corrected chi connectivity index (χ0v) is 13.0. The van der Waals surface area contributed by atoms with Crippen LogP contribution in [0.1, 0.15) is 31.7 Å². The van der Waals surface area contributed by atoms with Gasteiger partial charge < -0.3 is 0 Å². The van der Waals surface area contributed by atoms with Crippen LogP contribution in [0.4, 0.5) is 8.78 Å². The average molecular weight is 315 g/mol. The maximum Gasteiger partial charge on any atom is 0.142 e. The number of halogens is 3. The van der Waals surface area contributed by atoms with Gasteiger partial charge in [-0.05, 0) is 38.4 Å². The zero-order chi connectivity index (χ0) is 15.0. The maximum absolute atomic E-state index is 13.8. The highest BCUT2D eigenvalue weighted by Gasteiger charge is 2.35. The van der Waals surface area contributed by atoms with Gasteiger partial charge in [-0.2, -0.15) is 0 Å². The second-order valence-electron chi connectivity index (χ2n) is 6.25. The molecule has 1 aromatic rings. The number of piperidine rings is 1. The van der Waals surface area contributed by atoms with E-state index >= 15 is 0 Å². The Morgan fingerprint density at radius 1 is 1.19 bits per heavy atom. The Bertz CT molecular complexity index is 517. The lowest BCUT2D eigenvalue weighted by molar-refractivity contribution is -0.00665. The van der Waals surface area contributed by atoms with Crippen LogP contribution < -0.4 is 0 Å². The highest BCUT2D eigenvalue weighted by Crippen LogP contribution is 2.29. The van der Waals surface area contributed by atoms with Crippen LogP contribution in [0, 0.1) is 11.6 Å². The van der Waals surface area contributed by atoms with Crippen molar-refractivity contribution in [3.63, 3.8) is 0 Å². The molecule has 21 heavy (non-hydrogen) atoms. The molecule has 0 spiro atoms. The van der Waals surface area contributed by atoms with Crippen LogP contribution in [0.2, 0.25) is 5.02 Å².